The van der Waals surface area contributed by atoms with Crippen LogP contribution in [0.15, 0.2) is 169 Å². The van der Waals surface area contributed by atoms with Gasteiger partial charge in [-0.1, -0.05) is 128 Å². The van der Waals surface area contributed by atoms with Crippen LogP contribution in [-0.4, -0.2) is 11.9 Å². The lowest BCUT2D eigenvalue weighted by molar-refractivity contribution is -0.149. The van der Waals surface area contributed by atoms with Gasteiger partial charge in [-0.05, 0) is 87.6 Å². The van der Waals surface area contributed by atoms with Crippen molar-refractivity contribution in [1.82, 2.24) is 0 Å². The highest BCUT2D eigenvalue weighted by molar-refractivity contribution is 7.10. The molecule has 0 saturated heterocycles. The van der Waals surface area contributed by atoms with Crippen molar-refractivity contribution in [3.63, 3.8) is 0 Å². The maximum absolute atomic E-state index is 13.7. The van der Waals surface area contributed by atoms with Gasteiger partial charge >= 0.3 is 11.9 Å². The Morgan fingerprint density at radius 3 is 1.60 bits per heavy atom. The van der Waals surface area contributed by atoms with Gasteiger partial charge in [-0.25, -0.2) is 9.59 Å². The van der Waals surface area contributed by atoms with E-state index in [1.807, 2.05) is 66.0 Å². The monoisotopic (exact) mass is 706 g/mol. The van der Waals surface area contributed by atoms with Crippen LogP contribution in [0.3, 0.4) is 0 Å². The average molecular weight is 707 g/mol. The molecule has 2 aliphatic carbocycles. The third kappa shape index (κ3) is 4.81. The standard InChI is InChI=1S/C48H34O4S/c1-29(2)45(49)51-47(35-22-19-31-12-5-6-13-32(31)26-35)40-16-9-7-14-36(40)38-23-20-33(27-42(38)47)34-21-24-39-37-15-8-10-17-41(37)48(43(39)28-34,44-18-11-25-53-44)52-46(50)30(3)4/h5-28H,1,3H2,2,4H3. The molecule has 0 amide bonds. The Balaban J connectivity index is 1.28. The number of hydrogen-bond acceptors (Lipinski definition) is 5. The highest BCUT2D eigenvalue weighted by Gasteiger charge is 2.50. The van der Waals surface area contributed by atoms with Gasteiger partial charge in [0.2, 0.25) is 0 Å². The van der Waals surface area contributed by atoms with Crippen LogP contribution in [0.4, 0.5) is 0 Å². The van der Waals surface area contributed by atoms with Gasteiger partial charge < -0.3 is 9.47 Å². The molecule has 53 heavy (non-hydrogen) atoms. The molecular formula is C48H34O4S. The summed E-state index contributed by atoms with van der Waals surface area (Å²) in [5.74, 6) is -0.928. The predicted octanol–water partition coefficient (Wildman–Crippen LogP) is 11.4. The van der Waals surface area contributed by atoms with Crippen molar-refractivity contribution in [2.75, 3.05) is 0 Å². The molecule has 0 fully saturated rings. The Labute approximate surface area is 312 Å². The minimum absolute atomic E-state index is 0.319. The van der Waals surface area contributed by atoms with Gasteiger partial charge in [0, 0.05) is 39.0 Å². The predicted molar refractivity (Wildman–Crippen MR) is 213 cm³/mol. The van der Waals surface area contributed by atoms with E-state index in [9.17, 15) is 9.59 Å². The molecule has 0 spiro atoms. The Hall–Kier alpha value is -6.30. The van der Waals surface area contributed by atoms with Crippen LogP contribution in [0.2, 0.25) is 0 Å². The maximum Gasteiger partial charge on any atom is 0.334 e. The van der Waals surface area contributed by atoms with E-state index in [-0.39, 0.29) is 0 Å². The topological polar surface area (TPSA) is 52.6 Å². The van der Waals surface area contributed by atoms with E-state index >= 15 is 0 Å². The van der Waals surface area contributed by atoms with Crippen LogP contribution < -0.4 is 0 Å². The van der Waals surface area contributed by atoms with Crippen LogP contribution in [0.1, 0.15) is 46.5 Å². The fourth-order valence-corrected chi connectivity index (χ4v) is 8.97. The van der Waals surface area contributed by atoms with E-state index in [0.29, 0.717) is 11.1 Å². The average Bonchev–Trinajstić information content (AvgIpc) is 3.89. The summed E-state index contributed by atoms with van der Waals surface area (Å²) in [7, 11) is 0. The maximum atomic E-state index is 13.7. The fourth-order valence-electron chi connectivity index (χ4n) is 8.09. The zero-order valence-corrected chi connectivity index (χ0v) is 30.1. The van der Waals surface area contributed by atoms with Crippen LogP contribution in [0.5, 0.6) is 0 Å². The van der Waals surface area contributed by atoms with E-state index in [2.05, 4.69) is 92.0 Å². The second-order valence-electron chi connectivity index (χ2n) is 13.9. The van der Waals surface area contributed by atoms with Crippen molar-refractivity contribution < 1.29 is 19.1 Å². The number of hydrogen-bond donors (Lipinski definition) is 0. The molecule has 5 heteroatoms. The zero-order chi connectivity index (χ0) is 36.5. The number of benzene rings is 6. The minimum atomic E-state index is -1.24. The summed E-state index contributed by atoms with van der Waals surface area (Å²) in [6, 6.07) is 47.5. The molecule has 0 bridgehead atoms. The van der Waals surface area contributed by atoms with E-state index in [4.69, 9.17) is 9.47 Å². The summed E-state index contributed by atoms with van der Waals surface area (Å²) in [5.41, 5.74) is 8.52. The summed E-state index contributed by atoms with van der Waals surface area (Å²) in [4.78, 5) is 28.1. The molecule has 9 rings (SSSR count). The smallest absolute Gasteiger partial charge is 0.334 e. The van der Waals surface area contributed by atoms with Gasteiger partial charge in [0.1, 0.15) is 0 Å². The highest BCUT2D eigenvalue weighted by atomic mass is 32.1. The highest BCUT2D eigenvalue weighted by Crippen LogP contribution is 2.57. The fraction of sp³-hybridized carbons (Fsp3) is 0.0833. The lowest BCUT2D eigenvalue weighted by Crippen LogP contribution is -2.33. The quantitative estimate of drug-likeness (QED) is 0.122. The van der Waals surface area contributed by atoms with Gasteiger partial charge in [-0.2, -0.15) is 0 Å². The van der Waals surface area contributed by atoms with Crippen molar-refractivity contribution >= 4 is 34.0 Å². The first-order valence-corrected chi connectivity index (χ1v) is 18.4. The molecule has 0 radical (unpaired) electrons. The number of esters is 2. The van der Waals surface area contributed by atoms with Crippen molar-refractivity contribution in [3.05, 3.63) is 202 Å². The molecule has 2 atom stereocenters. The van der Waals surface area contributed by atoms with Crippen molar-refractivity contribution in [2.45, 2.75) is 25.0 Å². The zero-order valence-electron chi connectivity index (χ0n) is 29.3. The normalized spacial score (nSPS) is 17.7. The largest absolute Gasteiger partial charge is 0.441 e. The first-order valence-electron chi connectivity index (χ1n) is 17.5. The second kappa shape index (κ2) is 12.1. The number of thiophene rings is 1. The summed E-state index contributed by atoms with van der Waals surface area (Å²) in [6.07, 6.45) is 0. The van der Waals surface area contributed by atoms with Crippen LogP contribution in [0.25, 0.3) is 44.2 Å². The molecule has 1 aromatic heterocycles. The van der Waals surface area contributed by atoms with Crippen LogP contribution >= 0.6 is 11.3 Å². The number of ether oxygens (including phenoxy) is 2. The molecule has 0 aliphatic heterocycles. The number of rotatable bonds is 7. The Morgan fingerprint density at radius 1 is 0.509 bits per heavy atom. The summed E-state index contributed by atoms with van der Waals surface area (Å²) in [5, 5.41) is 4.15. The molecular weight excluding hydrogens is 673 g/mol. The number of carbonyl (C=O) groups is 2. The van der Waals surface area contributed by atoms with E-state index in [0.717, 1.165) is 76.8 Å². The molecule has 1 heterocycles. The molecule has 256 valence electrons. The van der Waals surface area contributed by atoms with Gasteiger partial charge in [0.05, 0.1) is 4.88 Å². The van der Waals surface area contributed by atoms with Crippen LogP contribution in [0, 0.1) is 0 Å². The Morgan fingerprint density at radius 2 is 1.02 bits per heavy atom. The molecule has 0 saturated carbocycles. The summed E-state index contributed by atoms with van der Waals surface area (Å²) < 4.78 is 13.3. The Bertz CT molecular complexity index is 2690. The number of carbonyl (C=O) groups excluding carboxylic acids is 2. The lowest BCUT2D eigenvalue weighted by Gasteiger charge is -2.33. The second-order valence-corrected chi connectivity index (χ2v) is 14.8. The van der Waals surface area contributed by atoms with Gasteiger partial charge in [0.15, 0.2) is 11.2 Å². The minimum Gasteiger partial charge on any atom is -0.441 e. The molecule has 7 aromatic rings. The van der Waals surface area contributed by atoms with E-state index in [1.54, 1.807) is 25.2 Å². The summed E-state index contributed by atoms with van der Waals surface area (Å²) in [6.45, 7) is 11.2. The molecule has 2 aliphatic rings. The van der Waals surface area contributed by atoms with Crippen molar-refractivity contribution in [2.24, 2.45) is 0 Å². The van der Waals surface area contributed by atoms with Gasteiger partial charge in [-0.3, -0.25) is 0 Å². The van der Waals surface area contributed by atoms with Crippen molar-refractivity contribution in [3.8, 4) is 33.4 Å². The molecule has 4 nitrogen and oxygen atoms in total. The van der Waals surface area contributed by atoms with E-state index < -0.39 is 23.1 Å². The number of fused-ring (bicyclic) bond motifs is 7. The molecule has 0 N–H and O–H groups in total. The molecule has 6 aromatic carbocycles. The van der Waals surface area contributed by atoms with Crippen LogP contribution in [-0.2, 0) is 30.3 Å². The van der Waals surface area contributed by atoms with Gasteiger partial charge in [-0.15, -0.1) is 11.3 Å². The first-order chi connectivity index (χ1) is 25.7. The van der Waals surface area contributed by atoms with Gasteiger partial charge in [0.25, 0.3) is 0 Å². The molecule has 2 unspecified atom stereocenters. The van der Waals surface area contributed by atoms with Crippen molar-refractivity contribution in [1.29, 1.82) is 0 Å². The Kier molecular flexibility index (Phi) is 7.47. The van der Waals surface area contributed by atoms with E-state index in [1.165, 1.54) is 0 Å². The third-order valence-corrected chi connectivity index (χ3v) is 11.5. The first kappa shape index (κ1) is 32.6. The lowest BCUT2D eigenvalue weighted by atomic mass is 9.81. The SMILES string of the molecule is C=C(C)C(=O)OC1(c2ccc3ccccc3c2)c2ccccc2-c2ccc(-c3ccc4c(c3)C(OC(=O)C(=C)C)(c3cccs3)c3ccccc3-4)cc21. The summed E-state index contributed by atoms with van der Waals surface area (Å²) >= 11 is 1.55. The third-order valence-electron chi connectivity index (χ3n) is 10.5.